The molecule has 0 aliphatic carbocycles. The van der Waals surface area contributed by atoms with Crippen LogP contribution < -0.4 is 11.1 Å². The molecule has 0 bridgehead atoms. The Morgan fingerprint density at radius 3 is 2.32 bits per heavy atom. The highest BCUT2D eigenvalue weighted by molar-refractivity contribution is 5.98. The van der Waals surface area contributed by atoms with Crippen molar-refractivity contribution in [3.63, 3.8) is 0 Å². The molecule has 2 rings (SSSR count). The Morgan fingerprint density at radius 2 is 1.72 bits per heavy atom. The number of hydrogen-bond acceptors (Lipinski definition) is 3. The molecule has 0 radical (unpaired) electrons. The molecule has 0 aliphatic rings. The molecule has 0 aromatic heterocycles. The van der Waals surface area contributed by atoms with Crippen molar-refractivity contribution < 1.29 is 9.59 Å². The third-order valence-corrected chi connectivity index (χ3v) is 4.28. The van der Waals surface area contributed by atoms with E-state index < -0.39 is 12.0 Å². The van der Waals surface area contributed by atoms with Crippen molar-refractivity contribution in [2.75, 3.05) is 19.4 Å². The lowest BCUT2D eigenvalue weighted by Gasteiger charge is -2.20. The van der Waals surface area contributed by atoms with Crippen molar-refractivity contribution in [1.82, 2.24) is 4.90 Å². The molecule has 5 nitrogen and oxygen atoms in total. The van der Waals surface area contributed by atoms with E-state index in [1.54, 1.807) is 33.2 Å². The van der Waals surface area contributed by atoms with Crippen LogP contribution >= 0.6 is 0 Å². The van der Waals surface area contributed by atoms with Crippen LogP contribution in [0.4, 0.5) is 5.69 Å². The molecule has 2 aromatic carbocycles. The van der Waals surface area contributed by atoms with E-state index >= 15 is 0 Å². The summed E-state index contributed by atoms with van der Waals surface area (Å²) in [5, 5.41) is 2.86. The van der Waals surface area contributed by atoms with E-state index in [-0.39, 0.29) is 11.8 Å². The predicted octanol–water partition coefficient (Wildman–Crippen LogP) is 2.97. The monoisotopic (exact) mass is 339 g/mol. The SMILES string of the molecule is Cc1ccc(NC(=O)C(C)C(N)c2ccccc2)cc1C(=O)N(C)C. The summed E-state index contributed by atoms with van der Waals surface area (Å²) in [5.41, 5.74) is 9.16. The lowest BCUT2D eigenvalue weighted by Crippen LogP contribution is -2.30. The quantitative estimate of drug-likeness (QED) is 0.879. The van der Waals surface area contributed by atoms with Crippen LogP contribution in [-0.4, -0.2) is 30.8 Å². The van der Waals surface area contributed by atoms with Gasteiger partial charge in [-0.1, -0.05) is 43.3 Å². The molecule has 0 spiro atoms. The number of benzene rings is 2. The summed E-state index contributed by atoms with van der Waals surface area (Å²) in [6, 6.07) is 14.5. The van der Waals surface area contributed by atoms with Crippen LogP contribution in [-0.2, 0) is 4.79 Å². The van der Waals surface area contributed by atoms with Crippen molar-refractivity contribution in [2.24, 2.45) is 11.7 Å². The maximum atomic E-state index is 12.5. The minimum Gasteiger partial charge on any atom is -0.345 e. The van der Waals surface area contributed by atoms with Gasteiger partial charge in [-0.3, -0.25) is 9.59 Å². The van der Waals surface area contributed by atoms with Gasteiger partial charge in [0.1, 0.15) is 0 Å². The second-order valence-electron chi connectivity index (χ2n) is 6.44. The first-order valence-corrected chi connectivity index (χ1v) is 8.25. The fraction of sp³-hybridized carbons (Fsp3) is 0.300. The first-order chi connectivity index (χ1) is 11.8. The van der Waals surface area contributed by atoms with Crippen molar-refractivity contribution in [1.29, 1.82) is 0 Å². The van der Waals surface area contributed by atoms with Crippen LogP contribution in [0.3, 0.4) is 0 Å². The average molecular weight is 339 g/mol. The van der Waals surface area contributed by atoms with Gasteiger partial charge in [0.15, 0.2) is 0 Å². The van der Waals surface area contributed by atoms with Gasteiger partial charge in [0.25, 0.3) is 5.91 Å². The minimum absolute atomic E-state index is 0.0948. The molecule has 0 heterocycles. The maximum absolute atomic E-state index is 12.5. The Morgan fingerprint density at radius 1 is 1.08 bits per heavy atom. The smallest absolute Gasteiger partial charge is 0.253 e. The molecule has 5 heteroatoms. The fourth-order valence-corrected chi connectivity index (χ4v) is 2.55. The summed E-state index contributed by atoms with van der Waals surface area (Å²) < 4.78 is 0. The molecule has 2 unspecified atom stereocenters. The normalized spacial score (nSPS) is 13.0. The highest BCUT2D eigenvalue weighted by Crippen LogP contribution is 2.22. The lowest BCUT2D eigenvalue weighted by atomic mass is 9.94. The first kappa shape index (κ1) is 18.7. The summed E-state index contributed by atoms with van der Waals surface area (Å²) in [7, 11) is 3.40. The summed E-state index contributed by atoms with van der Waals surface area (Å²) >= 11 is 0. The zero-order chi connectivity index (χ0) is 18.6. The topological polar surface area (TPSA) is 75.4 Å². The average Bonchev–Trinajstić information content (AvgIpc) is 2.62. The Balaban J connectivity index is 2.15. The molecule has 0 fully saturated rings. The van der Waals surface area contributed by atoms with Crippen LogP contribution in [0.15, 0.2) is 48.5 Å². The van der Waals surface area contributed by atoms with Gasteiger partial charge >= 0.3 is 0 Å². The van der Waals surface area contributed by atoms with E-state index in [1.807, 2.05) is 43.3 Å². The van der Waals surface area contributed by atoms with Gasteiger partial charge in [0, 0.05) is 31.4 Å². The Hall–Kier alpha value is -2.66. The standard InChI is InChI=1S/C20H25N3O2/c1-13-10-11-16(12-17(13)20(25)23(3)4)22-19(24)14(2)18(21)15-8-6-5-7-9-15/h5-12,14,18H,21H2,1-4H3,(H,22,24). The van der Waals surface area contributed by atoms with E-state index in [9.17, 15) is 9.59 Å². The van der Waals surface area contributed by atoms with Crippen LogP contribution in [0, 0.1) is 12.8 Å². The molecular weight excluding hydrogens is 314 g/mol. The Kier molecular flexibility index (Phi) is 5.93. The van der Waals surface area contributed by atoms with Crippen molar-refractivity contribution in [2.45, 2.75) is 19.9 Å². The van der Waals surface area contributed by atoms with Crippen molar-refractivity contribution in [3.05, 3.63) is 65.2 Å². The molecule has 0 aliphatic heterocycles. The maximum Gasteiger partial charge on any atom is 0.253 e. The number of nitrogens with zero attached hydrogens (tertiary/aromatic N) is 1. The second-order valence-corrected chi connectivity index (χ2v) is 6.44. The number of carbonyl (C=O) groups is 2. The molecule has 132 valence electrons. The van der Waals surface area contributed by atoms with Gasteiger partial charge in [-0.15, -0.1) is 0 Å². The number of anilines is 1. The van der Waals surface area contributed by atoms with E-state index in [2.05, 4.69) is 5.32 Å². The van der Waals surface area contributed by atoms with Crippen molar-refractivity contribution >= 4 is 17.5 Å². The van der Waals surface area contributed by atoms with Crippen LogP contribution in [0.2, 0.25) is 0 Å². The van der Waals surface area contributed by atoms with E-state index in [0.29, 0.717) is 11.3 Å². The molecule has 2 aromatic rings. The molecule has 2 amide bonds. The number of aryl methyl sites for hydroxylation is 1. The summed E-state index contributed by atoms with van der Waals surface area (Å²) in [6.07, 6.45) is 0. The highest BCUT2D eigenvalue weighted by atomic mass is 16.2. The van der Waals surface area contributed by atoms with Crippen LogP contribution in [0.25, 0.3) is 0 Å². The Labute approximate surface area is 148 Å². The third kappa shape index (κ3) is 4.45. The molecule has 25 heavy (non-hydrogen) atoms. The number of hydrogen-bond donors (Lipinski definition) is 2. The largest absolute Gasteiger partial charge is 0.345 e. The van der Waals surface area contributed by atoms with Crippen molar-refractivity contribution in [3.8, 4) is 0 Å². The van der Waals surface area contributed by atoms with E-state index in [4.69, 9.17) is 5.73 Å². The number of carbonyl (C=O) groups excluding carboxylic acids is 2. The van der Waals surface area contributed by atoms with Crippen LogP contribution in [0.1, 0.15) is 34.5 Å². The summed E-state index contributed by atoms with van der Waals surface area (Å²) in [5.74, 6) is -0.678. The second kappa shape index (κ2) is 7.94. The van der Waals surface area contributed by atoms with Gasteiger partial charge in [0.05, 0.1) is 5.92 Å². The third-order valence-electron chi connectivity index (χ3n) is 4.28. The lowest BCUT2D eigenvalue weighted by molar-refractivity contribution is -0.120. The molecular formula is C20H25N3O2. The minimum atomic E-state index is -0.406. The predicted molar refractivity (Wildman–Crippen MR) is 100 cm³/mol. The number of nitrogens with one attached hydrogen (secondary N) is 1. The van der Waals surface area contributed by atoms with E-state index in [1.165, 1.54) is 4.90 Å². The molecule has 0 saturated carbocycles. The Bertz CT molecular complexity index is 757. The zero-order valence-corrected chi connectivity index (χ0v) is 15.1. The molecule has 3 N–H and O–H groups in total. The van der Waals surface area contributed by atoms with Gasteiger partial charge < -0.3 is 16.0 Å². The number of amides is 2. The molecule has 0 saturated heterocycles. The van der Waals surface area contributed by atoms with Crippen LogP contribution in [0.5, 0.6) is 0 Å². The van der Waals surface area contributed by atoms with Gasteiger partial charge in [-0.25, -0.2) is 0 Å². The van der Waals surface area contributed by atoms with Gasteiger partial charge in [0.2, 0.25) is 5.91 Å². The summed E-state index contributed by atoms with van der Waals surface area (Å²) in [6.45, 7) is 3.67. The summed E-state index contributed by atoms with van der Waals surface area (Å²) in [4.78, 5) is 26.3. The van der Waals surface area contributed by atoms with Gasteiger partial charge in [-0.2, -0.15) is 0 Å². The molecule has 2 atom stereocenters. The first-order valence-electron chi connectivity index (χ1n) is 8.25. The zero-order valence-electron chi connectivity index (χ0n) is 15.1. The van der Waals surface area contributed by atoms with E-state index in [0.717, 1.165) is 11.1 Å². The number of nitrogens with two attached hydrogens (primary N) is 1. The van der Waals surface area contributed by atoms with Gasteiger partial charge in [-0.05, 0) is 30.2 Å². The highest BCUT2D eigenvalue weighted by Gasteiger charge is 2.22. The fourth-order valence-electron chi connectivity index (χ4n) is 2.55. The number of rotatable bonds is 5.